The van der Waals surface area contributed by atoms with Crippen LogP contribution in [0.15, 0.2) is 29.8 Å². The third kappa shape index (κ3) is 4.97. The highest BCUT2D eigenvalue weighted by Gasteiger charge is 2.46. The molecule has 0 aromatic heterocycles. The van der Waals surface area contributed by atoms with Crippen molar-refractivity contribution in [2.75, 3.05) is 20.8 Å². The van der Waals surface area contributed by atoms with E-state index < -0.39 is 71.5 Å². The predicted octanol–water partition coefficient (Wildman–Crippen LogP) is -0.365. The minimum atomic E-state index is -1.87. The molecule has 0 aliphatic carbocycles. The van der Waals surface area contributed by atoms with Crippen molar-refractivity contribution >= 4 is 11.9 Å². The fourth-order valence-corrected chi connectivity index (χ4v) is 3.74. The summed E-state index contributed by atoms with van der Waals surface area (Å²) in [6.07, 6.45) is -7.45. The maximum absolute atomic E-state index is 13.6. The molecule has 1 heterocycles. The zero-order valence-electron chi connectivity index (χ0n) is 18.7. The number of methoxy groups -OCH3 is 2. The molecular formula is C23H26O12. The molecule has 35 heavy (non-hydrogen) atoms. The van der Waals surface area contributed by atoms with Crippen LogP contribution in [0.2, 0.25) is 0 Å². The first-order valence-electron chi connectivity index (χ1n) is 10.3. The second-order valence-corrected chi connectivity index (χ2v) is 7.81. The first-order chi connectivity index (χ1) is 16.5. The highest BCUT2D eigenvalue weighted by Crippen LogP contribution is 2.40. The Kier molecular flexibility index (Phi) is 7.73. The van der Waals surface area contributed by atoms with Gasteiger partial charge in [-0.25, -0.2) is 0 Å². The maximum Gasteiger partial charge on any atom is 0.200 e. The summed E-state index contributed by atoms with van der Waals surface area (Å²) in [5.41, 5.74) is -0.897. The molecule has 0 saturated carbocycles. The van der Waals surface area contributed by atoms with E-state index in [1.54, 1.807) is 0 Å². The number of ether oxygens (including phenoxy) is 3. The topological polar surface area (TPSA) is 207 Å². The fourth-order valence-electron chi connectivity index (χ4n) is 3.74. The molecule has 1 aliphatic heterocycles. The van der Waals surface area contributed by atoms with Crippen molar-refractivity contribution in [2.45, 2.75) is 30.5 Å². The number of aliphatic hydroxyl groups is 4. The largest absolute Gasteiger partial charge is 0.508 e. The quantitative estimate of drug-likeness (QED) is 0.183. The lowest BCUT2D eigenvalue weighted by molar-refractivity contribution is -0.218. The van der Waals surface area contributed by atoms with Crippen LogP contribution < -0.4 is 9.47 Å². The van der Waals surface area contributed by atoms with Gasteiger partial charge in [-0.2, -0.15) is 0 Å². The van der Waals surface area contributed by atoms with Crippen LogP contribution in [0.25, 0.3) is 6.08 Å². The van der Waals surface area contributed by atoms with Gasteiger partial charge in [0.2, 0.25) is 5.75 Å². The molecule has 2 aromatic carbocycles. The van der Waals surface area contributed by atoms with E-state index in [9.17, 15) is 45.6 Å². The number of Topliss-reactive ketones (excluding diaryl/α,β-unsaturated/α-hetero) is 1. The molecule has 5 atom stereocenters. The third-order valence-corrected chi connectivity index (χ3v) is 5.62. The number of carbonyl (C=O) groups excluding carboxylic acids is 1. The Morgan fingerprint density at radius 1 is 0.914 bits per heavy atom. The summed E-state index contributed by atoms with van der Waals surface area (Å²) in [6, 6.07) is 4.12. The summed E-state index contributed by atoms with van der Waals surface area (Å²) < 4.78 is 15.7. The highest BCUT2D eigenvalue weighted by atomic mass is 16.5. The molecule has 0 bridgehead atoms. The van der Waals surface area contributed by atoms with Gasteiger partial charge in [0.1, 0.15) is 47.8 Å². The standard InChI is InChI=1S/C23H26O12/c1-33-15-3-9(4-16(34-2)19(15)29)18(28)12(7-11-13(26)5-10(25)6-14(11)27)23-22(32)21(31)20(30)17(8-24)35-23/h3-7,17,20-27,29-32H,8H2,1-2H3/b12-7+/t17-,20-,21+,22-,23?/m1/s1. The SMILES string of the molecule is COc1cc(C(=O)/C(=C\c2c(O)cc(O)cc2O)C2O[C@H](CO)[C@@H](O)[C@H](O)[C@H]2O)cc(OC)c1O. The first kappa shape index (κ1) is 26.1. The van der Waals surface area contributed by atoms with E-state index in [-0.39, 0.29) is 22.6 Å². The first-order valence-corrected chi connectivity index (χ1v) is 10.3. The number of benzene rings is 2. The van der Waals surface area contributed by atoms with E-state index in [1.807, 2.05) is 0 Å². The molecule has 0 radical (unpaired) electrons. The number of hydrogen-bond acceptors (Lipinski definition) is 12. The Morgan fingerprint density at radius 2 is 1.46 bits per heavy atom. The zero-order chi connectivity index (χ0) is 26.0. The van der Waals surface area contributed by atoms with Gasteiger partial charge in [-0.15, -0.1) is 0 Å². The van der Waals surface area contributed by atoms with Crippen molar-refractivity contribution in [3.8, 4) is 34.5 Å². The summed E-state index contributed by atoms with van der Waals surface area (Å²) in [5, 5.41) is 80.8. The van der Waals surface area contributed by atoms with Crippen molar-refractivity contribution in [3.63, 3.8) is 0 Å². The van der Waals surface area contributed by atoms with Crippen LogP contribution in [0.5, 0.6) is 34.5 Å². The monoisotopic (exact) mass is 494 g/mol. The number of aliphatic hydroxyl groups excluding tert-OH is 4. The molecule has 12 nitrogen and oxygen atoms in total. The van der Waals surface area contributed by atoms with Crippen molar-refractivity contribution in [3.05, 3.63) is 41.0 Å². The Balaban J connectivity index is 2.22. The van der Waals surface area contributed by atoms with Gasteiger partial charge in [0.25, 0.3) is 0 Å². The number of ketones is 1. The molecule has 3 rings (SSSR count). The lowest BCUT2D eigenvalue weighted by Gasteiger charge is -2.40. The van der Waals surface area contributed by atoms with Gasteiger partial charge in [-0.05, 0) is 18.2 Å². The second-order valence-electron chi connectivity index (χ2n) is 7.81. The van der Waals surface area contributed by atoms with Gasteiger partial charge in [0.15, 0.2) is 17.3 Å². The van der Waals surface area contributed by atoms with Crippen molar-refractivity contribution in [1.29, 1.82) is 0 Å². The van der Waals surface area contributed by atoms with Crippen molar-refractivity contribution in [2.24, 2.45) is 0 Å². The van der Waals surface area contributed by atoms with Gasteiger partial charge < -0.3 is 55.1 Å². The van der Waals surface area contributed by atoms with E-state index in [4.69, 9.17) is 14.2 Å². The number of carbonyl (C=O) groups is 1. The molecule has 1 saturated heterocycles. The van der Waals surface area contributed by atoms with Crippen LogP contribution in [-0.2, 0) is 4.74 Å². The summed E-state index contributed by atoms with van der Waals surface area (Å²) in [6.45, 7) is -0.764. The van der Waals surface area contributed by atoms with Crippen LogP contribution in [-0.4, -0.2) is 98.0 Å². The summed E-state index contributed by atoms with van der Waals surface area (Å²) in [7, 11) is 2.48. The molecule has 1 fully saturated rings. The summed E-state index contributed by atoms with van der Waals surface area (Å²) in [5.74, 6) is -3.24. The predicted molar refractivity (Wildman–Crippen MR) is 119 cm³/mol. The van der Waals surface area contributed by atoms with Crippen LogP contribution in [0, 0.1) is 0 Å². The smallest absolute Gasteiger partial charge is 0.200 e. The van der Waals surface area contributed by atoms with Crippen LogP contribution >= 0.6 is 0 Å². The highest BCUT2D eigenvalue weighted by molar-refractivity contribution is 6.13. The molecule has 0 spiro atoms. The molecule has 2 aromatic rings. The Hall–Kier alpha value is -3.55. The van der Waals surface area contributed by atoms with E-state index in [0.29, 0.717) is 0 Å². The molecule has 1 aliphatic rings. The van der Waals surface area contributed by atoms with Gasteiger partial charge in [-0.3, -0.25) is 4.79 Å². The normalized spacial score (nSPS) is 24.7. The average Bonchev–Trinajstić information content (AvgIpc) is 2.82. The van der Waals surface area contributed by atoms with Crippen molar-refractivity contribution < 1.29 is 59.9 Å². The minimum Gasteiger partial charge on any atom is -0.508 e. The van der Waals surface area contributed by atoms with Gasteiger partial charge in [-0.1, -0.05) is 0 Å². The van der Waals surface area contributed by atoms with E-state index in [0.717, 1.165) is 30.3 Å². The zero-order valence-corrected chi connectivity index (χ0v) is 18.7. The fraction of sp³-hybridized carbons (Fsp3) is 0.348. The van der Waals surface area contributed by atoms with Crippen LogP contribution in [0.4, 0.5) is 0 Å². The molecule has 12 heteroatoms. The maximum atomic E-state index is 13.6. The molecule has 190 valence electrons. The number of phenolic OH excluding ortho intramolecular Hbond substituents is 4. The van der Waals surface area contributed by atoms with E-state index in [1.165, 1.54) is 14.2 Å². The summed E-state index contributed by atoms with van der Waals surface area (Å²) >= 11 is 0. The van der Waals surface area contributed by atoms with E-state index in [2.05, 4.69) is 0 Å². The number of hydrogen-bond donors (Lipinski definition) is 8. The Labute approximate surface area is 199 Å². The molecular weight excluding hydrogens is 468 g/mol. The average molecular weight is 494 g/mol. The van der Waals surface area contributed by atoms with Gasteiger partial charge in [0, 0.05) is 23.3 Å². The Bertz CT molecular complexity index is 1080. The second kappa shape index (κ2) is 10.4. The number of aromatic hydroxyl groups is 4. The van der Waals surface area contributed by atoms with Crippen LogP contribution in [0.1, 0.15) is 15.9 Å². The molecule has 8 N–H and O–H groups in total. The van der Waals surface area contributed by atoms with Crippen LogP contribution in [0.3, 0.4) is 0 Å². The number of rotatable bonds is 7. The number of phenols is 4. The Morgan fingerprint density at radius 3 is 1.94 bits per heavy atom. The van der Waals surface area contributed by atoms with Gasteiger partial charge in [0.05, 0.1) is 26.4 Å². The van der Waals surface area contributed by atoms with E-state index >= 15 is 0 Å². The summed E-state index contributed by atoms with van der Waals surface area (Å²) in [4.78, 5) is 13.6. The van der Waals surface area contributed by atoms with Gasteiger partial charge >= 0.3 is 0 Å². The van der Waals surface area contributed by atoms with Crippen molar-refractivity contribution in [1.82, 2.24) is 0 Å². The molecule has 1 unspecified atom stereocenters. The lowest BCUT2D eigenvalue weighted by atomic mass is 9.86. The lowest BCUT2D eigenvalue weighted by Crippen LogP contribution is -2.59. The molecule has 0 amide bonds. The minimum absolute atomic E-state index is 0.129. The third-order valence-electron chi connectivity index (χ3n) is 5.62.